The Morgan fingerprint density at radius 1 is 1.64 bits per heavy atom. The number of hydrogen-bond donors (Lipinski definition) is 1. The first-order valence-corrected chi connectivity index (χ1v) is 6.01. The minimum absolute atomic E-state index is 0.447. The number of nitrogens with zero attached hydrogens (tertiary/aromatic N) is 1. The highest BCUT2D eigenvalue weighted by Gasteiger charge is 2.18. The van der Waals surface area contributed by atoms with Gasteiger partial charge in [-0.2, -0.15) is 12.6 Å². The van der Waals surface area contributed by atoms with E-state index in [1.165, 1.54) is 18.4 Å². The molecule has 0 aromatic heterocycles. The first kappa shape index (κ1) is 12.1. The van der Waals surface area contributed by atoms with Crippen molar-refractivity contribution in [1.82, 2.24) is 4.90 Å². The summed E-state index contributed by atoms with van der Waals surface area (Å²) in [6, 6.07) is 0. The molecule has 0 spiro atoms. The lowest BCUT2D eigenvalue weighted by Gasteiger charge is -2.24. The van der Waals surface area contributed by atoms with Gasteiger partial charge in [0.25, 0.3) is 0 Å². The van der Waals surface area contributed by atoms with Crippen molar-refractivity contribution in [2.75, 3.05) is 32.0 Å². The van der Waals surface area contributed by atoms with E-state index in [0.717, 1.165) is 32.0 Å². The Bertz CT molecular complexity index is 178. The molecule has 1 saturated heterocycles. The van der Waals surface area contributed by atoms with Gasteiger partial charge in [-0.1, -0.05) is 19.1 Å². The van der Waals surface area contributed by atoms with Crippen LogP contribution in [0, 0.1) is 0 Å². The zero-order valence-corrected chi connectivity index (χ0v) is 9.93. The van der Waals surface area contributed by atoms with Gasteiger partial charge < -0.3 is 4.74 Å². The van der Waals surface area contributed by atoms with Gasteiger partial charge in [-0.05, 0) is 19.4 Å². The molecule has 1 rings (SSSR count). The van der Waals surface area contributed by atoms with Crippen molar-refractivity contribution in [2.24, 2.45) is 0 Å². The molecule has 1 aliphatic rings. The van der Waals surface area contributed by atoms with Crippen LogP contribution in [0.1, 0.15) is 19.8 Å². The van der Waals surface area contributed by atoms with Crippen LogP contribution in [-0.4, -0.2) is 43.0 Å². The molecule has 82 valence electrons. The Balaban J connectivity index is 2.26. The van der Waals surface area contributed by atoms with Crippen LogP contribution in [0.25, 0.3) is 0 Å². The molecule has 0 bridgehead atoms. The zero-order valence-electron chi connectivity index (χ0n) is 9.04. The van der Waals surface area contributed by atoms with Crippen LogP contribution >= 0.6 is 12.6 Å². The highest BCUT2D eigenvalue weighted by atomic mass is 32.1. The van der Waals surface area contributed by atoms with Gasteiger partial charge in [0, 0.05) is 25.4 Å². The van der Waals surface area contributed by atoms with Gasteiger partial charge in [-0.15, -0.1) is 0 Å². The fourth-order valence-electron chi connectivity index (χ4n) is 1.75. The lowest BCUT2D eigenvalue weighted by molar-refractivity contribution is 0.0778. The summed E-state index contributed by atoms with van der Waals surface area (Å²) in [4.78, 5) is 2.38. The van der Waals surface area contributed by atoms with Crippen LogP contribution < -0.4 is 0 Å². The monoisotopic (exact) mass is 215 g/mol. The molecule has 0 radical (unpaired) electrons. The SMILES string of the molecule is C=C(CS)CN(CC)CC1CCCO1. The molecule has 0 aromatic rings. The number of thiol groups is 1. The molecular formula is C11H21NOS. The second-order valence-corrected chi connectivity index (χ2v) is 4.19. The Kier molecular flexibility index (Phi) is 5.60. The summed E-state index contributed by atoms with van der Waals surface area (Å²) < 4.78 is 5.61. The van der Waals surface area contributed by atoms with Gasteiger partial charge in [0.1, 0.15) is 0 Å². The van der Waals surface area contributed by atoms with E-state index < -0.39 is 0 Å². The molecule has 0 N–H and O–H groups in total. The zero-order chi connectivity index (χ0) is 10.4. The molecule has 1 aliphatic heterocycles. The molecule has 1 fully saturated rings. The van der Waals surface area contributed by atoms with Crippen molar-refractivity contribution in [2.45, 2.75) is 25.9 Å². The Labute approximate surface area is 92.7 Å². The summed E-state index contributed by atoms with van der Waals surface area (Å²) in [7, 11) is 0. The molecule has 1 heterocycles. The molecule has 14 heavy (non-hydrogen) atoms. The number of hydrogen-bond acceptors (Lipinski definition) is 3. The molecule has 0 aromatic carbocycles. The maximum Gasteiger partial charge on any atom is 0.0702 e. The van der Waals surface area contributed by atoms with Crippen molar-refractivity contribution in [3.05, 3.63) is 12.2 Å². The van der Waals surface area contributed by atoms with Gasteiger partial charge in [-0.3, -0.25) is 4.90 Å². The minimum Gasteiger partial charge on any atom is -0.377 e. The van der Waals surface area contributed by atoms with E-state index in [1.54, 1.807) is 0 Å². The second kappa shape index (κ2) is 6.49. The predicted molar refractivity (Wildman–Crippen MR) is 64.1 cm³/mol. The largest absolute Gasteiger partial charge is 0.377 e. The fourth-order valence-corrected chi connectivity index (χ4v) is 1.85. The Morgan fingerprint density at radius 2 is 2.43 bits per heavy atom. The average Bonchev–Trinajstić information content (AvgIpc) is 2.69. The van der Waals surface area contributed by atoms with Gasteiger partial charge in [0.05, 0.1) is 6.10 Å². The normalized spacial score (nSPS) is 21.8. The molecule has 1 atom stereocenters. The Morgan fingerprint density at radius 3 is 2.93 bits per heavy atom. The highest BCUT2D eigenvalue weighted by Crippen LogP contribution is 2.13. The molecular weight excluding hydrogens is 194 g/mol. The first-order valence-electron chi connectivity index (χ1n) is 5.37. The second-order valence-electron chi connectivity index (χ2n) is 3.87. The van der Waals surface area contributed by atoms with E-state index in [-0.39, 0.29) is 0 Å². The lowest BCUT2D eigenvalue weighted by Crippen LogP contribution is -2.33. The summed E-state index contributed by atoms with van der Waals surface area (Å²) >= 11 is 4.22. The van der Waals surface area contributed by atoms with Crippen LogP contribution in [0.15, 0.2) is 12.2 Å². The van der Waals surface area contributed by atoms with Crippen LogP contribution in [0.2, 0.25) is 0 Å². The maximum absolute atomic E-state index is 5.61. The number of ether oxygens (including phenoxy) is 1. The highest BCUT2D eigenvalue weighted by molar-refractivity contribution is 7.80. The first-order chi connectivity index (χ1) is 6.76. The summed E-state index contributed by atoms with van der Waals surface area (Å²) in [6.07, 6.45) is 2.88. The number of rotatable bonds is 6. The smallest absolute Gasteiger partial charge is 0.0702 e. The van der Waals surface area contributed by atoms with Crippen LogP contribution in [0.4, 0.5) is 0 Å². The van der Waals surface area contributed by atoms with Crippen LogP contribution in [-0.2, 0) is 4.74 Å². The maximum atomic E-state index is 5.61. The molecule has 0 aliphatic carbocycles. The van der Waals surface area contributed by atoms with Gasteiger partial charge >= 0.3 is 0 Å². The van der Waals surface area contributed by atoms with E-state index >= 15 is 0 Å². The third-order valence-corrected chi connectivity index (χ3v) is 3.05. The van der Waals surface area contributed by atoms with Crippen molar-refractivity contribution in [1.29, 1.82) is 0 Å². The van der Waals surface area contributed by atoms with Crippen molar-refractivity contribution >= 4 is 12.6 Å². The van der Waals surface area contributed by atoms with Crippen molar-refractivity contribution in [3.63, 3.8) is 0 Å². The molecule has 1 unspecified atom stereocenters. The van der Waals surface area contributed by atoms with Crippen LogP contribution in [0.5, 0.6) is 0 Å². The molecule has 2 nitrogen and oxygen atoms in total. The predicted octanol–water partition coefficient (Wildman–Crippen LogP) is 1.97. The van der Waals surface area contributed by atoms with Gasteiger partial charge in [-0.25, -0.2) is 0 Å². The van der Waals surface area contributed by atoms with E-state index in [4.69, 9.17) is 4.74 Å². The topological polar surface area (TPSA) is 12.5 Å². The third kappa shape index (κ3) is 4.03. The van der Waals surface area contributed by atoms with Crippen molar-refractivity contribution < 1.29 is 4.74 Å². The average molecular weight is 215 g/mol. The summed E-state index contributed by atoms with van der Waals surface area (Å²) in [5, 5.41) is 0. The van der Waals surface area contributed by atoms with E-state index in [9.17, 15) is 0 Å². The van der Waals surface area contributed by atoms with Gasteiger partial charge in [0.2, 0.25) is 0 Å². The van der Waals surface area contributed by atoms with E-state index in [1.807, 2.05) is 0 Å². The number of likely N-dealkylation sites (N-methyl/N-ethyl adjacent to an activating group) is 1. The standard InChI is InChI=1S/C11H21NOS/c1-3-12(7-10(2)9-14)8-11-5-4-6-13-11/h11,14H,2-9H2,1H3. The summed E-state index contributed by atoms with van der Waals surface area (Å²) in [6.45, 7) is 10.2. The summed E-state index contributed by atoms with van der Waals surface area (Å²) in [5.41, 5.74) is 1.19. The van der Waals surface area contributed by atoms with E-state index in [0.29, 0.717) is 6.10 Å². The lowest BCUT2D eigenvalue weighted by atomic mass is 10.2. The van der Waals surface area contributed by atoms with Crippen molar-refractivity contribution in [3.8, 4) is 0 Å². The quantitative estimate of drug-likeness (QED) is 0.537. The minimum atomic E-state index is 0.447. The van der Waals surface area contributed by atoms with Gasteiger partial charge in [0.15, 0.2) is 0 Å². The fraction of sp³-hybridized carbons (Fsp3) is 0.818. The van der Waals surface area contributed by atoms with Crippen LogP contribution in [0.3, 0.4) is 0 Å². The molecule has 3 heteroatoms. The Hall–Kier alpha value is 0.01000. The third-order valence-electron chi connectivity index (χ3n) is 2.60. The molecule has 0 amide bonds. The molecule has 0 saturated carbocycles. The summed E-state index contributed by atoms with van der Waals surface area (Å²) in [5.74, 6) is 0.780. The van der Waals surface area contributed by atoms with E-state index in [2.05, 4.69) is 31.0 Å².